The molecule has 0 N–H and O–H groups in total. The molecule has 0 aliphatic carbocycles. The molecule has 0 rings (SSSR count). The minimum Gasteiger partial charge on any atom is -0.0874 e. The Morgan fingerprint density at radius 3 is 2.46 bits per heavy atom. The van der Waals surface area contributed by atoms with Gasteiger partial charge in [-0.2, -0.15) is 0 Å². The summed E-state index contributed by atoms with van der Waals surface area (Å²) in [7, 11) is 0. The van der Waals surface area contributed by atoms with Gasteiger partial charge in [0.15, 0.2) is 0 Å². The molecule has 74 valence electrons. The highest BCUT2D eigenvalue weighted by molar-refractivity contribution is 5.24. The SMILES string of the molecule is CC=CC(=CC=CCCC)C(C)C. The van der Waals surface area contributed by atoms with Crippen molar-refractivity contribution in [2.75, 3.05) is 0 Å². The molecule has 0 unspecified atom stereocenters. The van der Waals surface area contributed by atoms with Crippen LogP contribution in [0, 0.1) is 5.92 Å². The average molecular weight is 178 g/mol. The minimum atomic E-state index is 0.613. The average Bonchev–Trinajstić information content (AvgIpc) is 2.10. The van der Waals surface area contributed by atoms with E-state index >= 15 is 0 Å². The Labute approximate surface area is 83.0 Å². The van der Waals surface area contributed by atoms with E-state index in [1.807, 2.05) is 0 Å². The molecular formula is C13H22. The zero-order valence-electron chi connectivity index (χ0n) is 9.38. The van der Waals surface area contributed by atoms with Crippen LogP contribution in [-0.4, -0.2) is 0 Å². The first kappa shape index (κ1) is 12.2. The Morgan fingerprint density at radius 2 is 2.00 bits per heavy atom. The van der Waals surface area contributed by atoms with Crippen molar-refractivity contribution in [1.82, 2.24) is 0 Å². The summed E-state index contributed by atoms with van der Waals surface area (Å²) >= 11 is 0. The summed E-state index contributed by atoms with van der Waals surface area (Å²) in [6.45, 7) is 8.70. The molecule has 0 heterocycles. The fourth-order valence-corrected chi connectivity index (χ4v) is 1.07. The van der Waals surface area contributed by atoms with Gasteiger partial charge in [0.1, 0.15) is 0 Å². The van der Waals surface area contributed by atoms with Gasteiger partial charge in [0.05, 0.1) is 0 Å². The van der Waals surface area contributed by atoms with E-state index in [0.29, 0.717) is 5.92 Å². The summed E-state index contributed by atoms with van der Waals surface area (Å²) in [6, 6.07) is 0. The van der Waals surface area contributed by atoms with Gasteiger partial charge in [0, 0.05) is 0 Å². The number of rotatable bonds is 5. The Kier molecular flexibility index (Phi) is 7.38. The van der Waals surface area contributed by atoms with E-state index in [2.05, 4.69) is 58.1 Å². The van der Waals surface area contributed by atoms with E-state index in [1.54, 1.807) is 0 Å². The van der Waals surface area contributed by atoms with Crippen LogP contribution >= 0.6 is 0 Å². The van der Waals surface area contributed by atoms with Gasteiger partial charge in [-0.15, -0.1) is 0 Å². The lowest BCUT2D eigenvalue weighted by atomic mass is 10.0. The number of hydrogen-bond donors (Lipinski definition) is 0. The van der Waals surface area contributed by atoms with E-state index in [9.17, 15) is 0 Å². The number of unbranched alkanes of at least 4 members (excludes halogenated alkanes) is 1. The monoisotopic (exact) mass is 178 g/mol. The summed E-state index contributed by atoms with van der Waals surface area (Å²) in [5, 5.41) is 0. The molecular weight excluding hydrogens is 156 g/mol. The van der Waals surface area contributed by atoms with Crippen LogP contribution in [0.4, 0.5) is 0 Å². The van der Waals surface area contributed by atoms with Gasteiger partial charge in [-0.3, -0.25) is 0 Å². The smallest absolute Gasteiger partial charge is 0.0219 e. The second kappa shape index (κ2) is 7.85. The van der Waals surface area contributed by atoms with Crippen LogP contribution in [-0.2, 0) is 0 Å². The summed E-state index contributed by atoms with van der Waals surface area (Å²) in [4.78, 5) is 0. The molecule has 0 fully saturated rings. The molecule has 0 aromatic carbocycles. The molecule has 0 saturated heterocycles. The summed E-state index contributed by atoms with van der Waals surface area (Å²) in [6.07, 6.45) is 13.3. The van der Waals surface area contributed by atoms with Crippen molar-refractivity contribution in [3.8, 4) is 0 Å². The predicted octanol–water partition coefficient (Wildman–Crippen LogP) is 4.50. The van der Waals surface area contributed by atoms with Crippen molar-refractivity contribution >= 4 is 0 Å². The van der Waals surface area contributed by atoms with Crippen molar-refractivity contribution in [2.24, 2.45) is 5.92 Å². The first-order valence-electron chi connectivity index (χ1n) is 5.21. The summed E-state index contributed by atoms with van der Waals surface area (Å²) in [5.41, 5.74) is 1.40. The van der Waals surface area contributed by atoms with Crippen LogP contribution in [0.15, 0.2) is 36.0 Å². The molecule has 0 aliphatic rings. The second-order valence-corrected chi connectivity index (χ2v) is 3.54. The largest absolute Gasteiger partial charge is 0.0874 e. The van der Waals surface area contributed by atoms with Gasteiger partial charge in [-0.05, 0) is 24.8 Å². The fourth-order valence-electron chi connectivity index (χ4n) is 1.07. The number of allylic oxidation sites excluding steroid dienone is 6. The van der Waals surface area contributed by atoms with Crippen LogP contribution in [0.25, 0.3) is 0 Å². The minimum absolute atomic E-state index is 0.613. The first-order chi connectivity index (χ1) is 6.22. The van der Waals surface area contributed by atoms with E-state index in [1.165, 1.54) is 18.4 Å². The van der Waals surface area contributed by atoms with E-state index in [4.69, 9.17) is 0 Å². The Hall–Kier alpha value is -0.780. The maximum atomic E-state index is 2.23. The van der Waals surface area contributed by atoms with Crippen molar-refractivity contribution in [1.29, 1.82) is 0 Å². The highest BCUT2D eigenvalue weighted by Crippen LogP contribution is 2.11. The molecule has 0 radical (unpaired) electrons. The molecule has 0 aromatic rings. The Balaban J connectivity index is 4.19. The van der Waals surface area contributed by atoms with Crippen molar-refractivity contribution in [2.45, 2.75) is 40.5 Å². The zero-order chi connectivity index (χ0) is 10.1. The third kappa shape index (κ3) is 6.39. The topological polar surface area (TPSA) is 0 Å². The lowest BCUT2D eigenvalue weighted by molar-refractivity contribution is 0.791. The third-order valence-electron chi connectivity index (χ3n) is 1.91. The quantitative estimate of drug-likeness (QED) is 0.544. The molecule has 13 heavy (non-hydrogen) atoms. The Bertz CT molecular complexity index is 192. The van der Waals surface area contributed by atoms with Crippen LogP contribution in [0.2, 0.25) is 0 Å². The van der Waals surface area contributed by atoms with Crippen molar-refractivity contribution in [3.05, 3.63) is 36.0 Å². The van der Waals surface area contributed by atoms with Gasteiger partial charge in [0.2, 0.25) is 0 Å². The van der Waals surface area contributed by atoms with Gasteiger partial charge in [-0.1, -0.05) is 57.6 Å². The predicted molar refractivity (Wildman–Crippen MR) is 61.8 cm³/mol. The van der Waals surface area contributed by atoms with Gasteiger partial charge in [0.25, 0.3) is 0 Å². The highest BCUT2D eigenvalue weighted by Gasteiger charge is 1.95. The molecule has 0 nitrogen and oxygen atoms in total. The van der Waals surface area contributed by atoms with E-state index in [-0.39, 0.29) is 0 Å². The highest BCUT2D eigenvalue weighted by atomic mass is 14.0. The first-order valence-corrected chi connectivity index (χ1v) is 5.21. The van der Waals surface area contributed by atoms with Crippen LogP contribution in [0.1, 0.15) is 40.5 Å². The lowest BCUT2D eigenvalue weighted by Gasteiger charge is -2.03. The molecule has 0 atom stereocenters. The molecule has 0 heteroatoms. The van der Waals surface area contributed by atoms with Crippen LogP contribution < -0.4 is 0 Å². The van der Waals surface area contributed by atoms with Crippen molar-refractivity contribution < 1.29 is 0 Å². The number of hydrogen-bond acceptors (Lipinski definition) is 0. The maximum Gasteiger partial charge on any atom is -0.0219 e. The molecule has 0 aromatic heterocycles. The molecule has 0 saturated carbocycles. The summed E-state index contributed by atoms with van der Waals surface area (Å²) < 4.78 is 0. The summed E-state index contributed by atoms with van der Waals surface area (Å²) in [5.74, 6) is 0.613. The van der Waals surface area contributed by atoms with Gasteiger partial charge in [-0.25, -0.2) is 0 Å². The molecule has 0 bridgehead atoms. The van der Waals surface area contributed by atoms with E-state index < -0.39 is 0 Å². The standard InChI is InChI=1S/C13H22/c1-5-7-8-9-11-13(10-6-2)12(3)4/h6,8-12H,5,7H2,1-4H3. The molecule has 0 amide bonds. The lowest BCUT2D eigenvalue weighted by Crippen LogP contribution is -1.88. The van der Waals surface area contributed by atoms with Crippen LogP contribution in [0.5, 0.6) is 0 Å². The zero-order valence-corrected chi connectivity index (χ0v) is 9.38. The van der Waals surface area contributed by atoms with Crippen LogP contribution in [0.3, 0.4) is 0 Å². The fraction of sp³-hybridized carbons (Fsp3) is 0.538. The van der Waals surface area contributed by atoms with Crippen molar-refractivity contribution in [3.63, 3.8) is 0 Å². The molecule has 0 spiro atoms. The van der Waals surface area contributed by atoms with Gasteiger partial charge < -0.3 is 0 Å². The molecule has 0 aliphatic heterocycles. The Morgan fingerprint density at radius 1 is 1.31 bits per heavy atom. The van der Waals surface area contributed by atoms with Gasteiger partial charge >= 0.3 is 0 Å². The van der Waals surface area contributed by atoms with E-state index in [0.717, 1.165) is 0 Å². The second-order valence-electron chi connectivity index (χ2n) is 3.54. The maximum absolute atomic E-state index is 2.23. The normalized spacial score (nSPS) is 13.8. The third-order valence-corrected chi connectivity index (χ3v) is 1.91.